The van der Waals surface area contributed by atoms with Crippen LogP contribution in [0.3, 0.4) is 0 Å². The molecule has 1 rings (SSSR count). The number of aromatic nitrogens is 1. The van der Waals surface area contributed by atoms with E-state index >= 15 is 0 Å². The molecule has 0 fully saturated rings. The summed E-state index contributed by atoms with van der Waals surface area (Å²) >= 11 is 0. The number of carbonyl (C=O) groups is 1. The Morgan fingerprint density at radius 1 is 1.57 bits per heavy atom. The monoisotopic (exact) mass is 203 g/mol. The van der Waals surface area contributed by atoms with Gasteiger partial charge in [-0.3, -0.25) is 4.79 Å². The molecule has 1 aromatic rings. The maximum absolute atomic E-state index is 12.3. The summed E-state index contributed by atoms with van der Waals surface area (Å²) in [5.41, 5.74) is -2.05. The first kappa shape index (κ1) is 10.4. The molecule has 2 N–H and O–H groups in total. The zero-order valence-corrected chi connectivity index (χ0v) is 7.17. The molecule has 0 saturated heterocycles. The Hall–Kier alpha value is -1.72. The first-order valence-corrected chi connectivity index (χ1v) is 3.68. The van der Waals surface area contributed by atoms with Gasteiger partial charge < -0.3 is 10.1 Å². The lowest BCUT2D eigenvalue weighted by Crippen LogP contribution is -2.17. The van der Waals surface area contributed by atoms with Crippen molar-refractivity contribution in [1.82, 2.24) is 4.98 Å². The molecular formula is C8H7F2NO3. The molecule has 0 aliphatic carbocycles. The van der Waals surface area contributed by atoms with Crippen molar-refractivity contribution >= 4 is 5.97 Å². The zero-order valence-electron chi connectivity index (χ0n) is 7.17. The summed E-state index contributed by atoms with van der Waals surface area (Å²) in [6, 6.07) is 0.768. The Balaban J connectivity index is 3.43. The summed E-state index contributed by atoms with van der Waals surface area (Å²) in [6.07, 6.45) is -2.85. The van der Waals surface area contributed by atoms with Crippen molar-refractivity contribution in [1.29, 1.82) is 0 Å². The van der Waals surface area contributed by atoms with E-state index in [9.17, 15) is 18.4 Å². The Kier molecular flexibility index (Phi) is 2.64. The molecule has 0 radical (unpaired) electrons. The Morgan fingerprint density at radius 2 is 2.14 bits per heavy atom. The lowest BCUT2D eigenvalue weighted by atomic mass is 10.1. The van der Waals surface area contributed by atoms with Crippen molar-refractivity contribution in [3.05, 3.63) is 33.2 Å². The van der Waals surface area contributed by atoms with Crippen molar-refractivity contribution in [3.8, 4) is 0 Å². The predicted molar refractivity (Wildman–Crippen MR) is 43.7 cm³/mol. The lowest BCUT2D eigenvalue weighted by molar-refractivity contribution is 0.0689. The molecule has 0 saturated carbocycles. The molecule has 0 atom stereocenters. The maximum atomic E-state index is 12.3. The molecule has 0 aliphatic rings. The summed E-state index contributed by atoms with van der Waals surface area (Å²) in [5, 5.41) is 8.49. The van der Waals surface area contributed by atoms with Gasteiger partial charge in [0.2, 0.25) is 0 Å². The summed E-state index contributed by atoms with van der Waals surface area (Å²) < 4.78 is 24.6. The molecule has 1 aromatic heterocycles. The number of nitrogens with one attached hydrogen (secondary N) is 1. The molecule has 14 heavy (non-hydrogen) atoms. The molecule has 0 aromatic carbocycles. The molecule has 0 aliphatic heterocycles. The van der Waals surface area contributed by atoms with Crippen LogP contribution >= 0.6 is 0 Å². The zero-order chi connectivity index (χ0) is 10.9. The predicted octanol–water partition coefficient (Wildman–Crippen LogP) is 1.32. The van der Waals surface area contributed by atoms with Gasteiger partial charge in [-0.15, -0.1) is 0 Å². The number of alkyl halides is 2. The average molecular weight is 203 g/mol. The van der Waals surface area contributed by atoms with Gasteiger partial charge in [-0.25, -0.2) is 13.6 Å². The number of halogens is 2. The van der Waals surface area contributed by atoms with Crippen LogP contribution in [0.15, 0.2) is 10.9 Å². The van der Waals surface area contributed by atoms with Gasteiger partial charge in [0.25, 0.3) is 12.0 Å². The maximum Gasteiger partial charge on any atom is 0.352 e. The molecule has 0 bridgehead atoms. The highest BCUT2D eigenvalue weighted by molar-refractivity contribution is 5.85. The number of pyridine rings is 1. The van der Waals surface area contributed by atoms with Gasteiger partial charge in [-0.2, -0.15) is 0 Å². The van der Waals surface area contributed by atoms with E-state index in [4.69, 9.17) is 5.11 Å². The molecule has 0 unspecified atom stereocenters. The first-order chi connectivity index (χ1) is 6.43. The van der Waals surface area contributed by atoms with E-state index in [1.807, 2.05) is 4.98 Å². The normalized spacial score (nSPS) is 10.6. The summed E-state index contributed by atoms with van der Waals surface area (Å²) in [4.78, 5) is 23.4. The number of carboxylic acid groups (broad SMARTS) is 1. The van der Waals surface area contributed by atoms with E-state index in [2.05, 4.69) is 0 Å². The fourth-order valence-corrected chi connectivity index (χ4v) is 0.989. The van der Waals surface area contributed by atoms with E-state index in [-0.39, 0.29) is 5.56 Å². The SMILES string of the molecule is Cc1c(C(F)F)cc(C(=O)O)[nH]c1=O. The van der Waals surface area contributed by atoms with Gasteiger partial charge in [-0.05, 0) is 13.0 Å². The second-order valence-corrected chi connectivity index (χ2v) is 2.70. The van der Waals surface area contributed by atoms with Crippen molar-refractivity contribution in [2.75, 3.05) is 0 Å². The van der Waals surface area contributed by atoms with Crippen LogP contribution in [0, 0.1) is 6.92 Å². The summed E-state index contributed by atoms with van der Waals surface area (Å²) in [5.74, 6) is -1.44. The molecule has 0 amide bonds. The van der Waals surface area contributed by atoms with Crippen molar-refractivity contribution in [2.45, 2.75) is 13.3 Å². The van der Waals surface area contributed by atoms with Crippen LogP contribution in [0.25, 0.3) is 0 Å². The Labute approximate surface area is 77.2 Å². The second-order valence-electron chi connectivity index (χ2n) is 2.70. The largest absolute Gasteiger partial charge is 0.477 e. The topological polar surface area (TPSA) is 70.2 Å². The van der Waals surface area contributed by atoms with E-state index in [0.29, 0.717) is 0 Å². The lowest BCUT2D eigenvalue weighted by Gasteiger charge is -2.04. The van der Waals surface area contributed by atoms with Crippen LogP contribution in [0.2, 0.25) is 0 Å². The van der Waals surface area contributed by atoms with Crippen LogP contribution < -0.4 is 5.56 Å². The third kappa shape index (κ3) is 1.78. The van der Waals surface area contributed by atoms with Crippen LogP contribution in [-0.4, -0.2) is 16.1 Å². The molecule has 1 heterocycles. The number of hydrogen-bond donors (Lipinski definition) is 2. The van der Waals surface area contributed by atoms with Crippen molar-refractivity contribution < 1.29 is 18.7 Å². The van der Waals surface area contributed by atoms with E-state index in [0.717, 1.165) is 6.07 Å². The minimum atomic E-state index is -2.85. The van der Waals surface area contributed by atoms with Gasteiger partial charge >= 0.3 is 5.97 Å². The van der Waals surface area contributed by atoms with E-state index in [1.165, 1.54) is 6.92 Å². The Bertz CT molecular complexity index is 425. The Morgan fingerprint density at radius 3 is 2.57 bits per heavy atom. The van der Waals surface area contributed by atoms with Crippen LogP contribution in [0.4, 0.5) is 8.78 Å². The minimum absolute atomic E-state index is 0.162. The molecule has 76 valence electrons. The summed E-state index contributed by atoms with van der Waals surface area (Å²) in [6.45, 7) is 1.21. The third-order valence-electron chi connectivity index (χ3n) is 1.79. The van der Waals surface area contributed by atoms with Crippen LogP contribution in [0.5, 0.6) is 0 Å². The number of hydrogen-bond acceptors (Lipinski definition) is 2. The highest BCUT2D eigenvalue weighted by Gasteiger charge is 2.16. The molecule has 0 spiro atoms. The fourth-order valence-electron chi connectivity index (χ4n) is 0.989. The quantitative estimate of drug-likeness (QED) is 0.761. The van der Waals surface area contributed by atoms with Gasteiger partial charge in [0, 0.05) is 11.1 Å². The van der Waals surface area contributed by atoms with Gasteiger partial charge in [-0.1, -0.05) is 0 Å². The van der Waals surface area contributed by atoms with Gasteiger partial charge in [0.1, 0.15) is 5.69 Å². The van der Waals surface area contributed by atoms with Gasteiger partial charge in [0.15, 0.2) is 0 Å². The fraction of sp³-hybridized carbons (Fsp3) is 0.250. The second kappa shape index (κ2) is 3.57. The van der Waals surface area contributed by atoms with Crippen molar-refractivity contribution in [2.24, 2.45) is 0 Å². The standard InChI is InChI=1S/C8H7F2NO3/c1-3-4(6(9)10)2-5(8(13)14)11-7(3)12/h2,6H,1H3,(H,11,12)(H,13,14). The van der Waals surface area contributed by atoms with E-state index < -0.39 is 29.2 Å². The van der Waals surface area contributed by atoms with Gasteiger partial charge in [0.05, 0.1) is 0 Å². The first-order valence-electron chi connectivity index (χ1n) is 3.68. The third-order valence-corrected chi connectivity index (χ3v) is 1.79. The number of H-pyrrole nitrogens is 1. The molecule has 4 nitrogen and oxygen atoms in total. The van der Waals surface area contributed by atoms with E-state index in [1.54, 1.807) is 0 Å². The number of carboxylic acids is 1. The minimum Gasteiger partial charge on any atom is -0.477 e. The summed E-state index contributed by atoms with van der Waals surface area (Å²) in [7, 11) is 0. The van der Waals surface area contributed by atoms with Crippen LogP contribution in [0.1, 0.15) is 28.0 Å². The smallest absolute Gasteiger partial charge is 0.352 e. The van der Waals surface area contributed by atoms with Crippen molar-refractivity contribution in [3.63, 3.8) is 0 Å². The molecule has 6 heteroatoms. The number of aromatic carboxylic acids is 1. The highest BCUT2D eigenvalue weighted by atomic mass is 19.3. The van der Waals surface area contributed by atoms with Crippen LogP contribution in [-0.2, 0) is 0 Å². The number of rotatable bonds is 2. The average Bonchev–Trinajstić information content (AvgIpc) is 2.08. The highest BCUT2D eigenvalue weighted by Crippen LogP contribution is 2.20. The number of aromatic amines is 1. The molecular weight excluding hydrogens is 196 g/mol.